The maximum atomic E-state index is 10.5. The minimum atomic E-state index is -0.637. The lowest BCUT2D eigenvalue weighted by molar-refractivity contribution is 0.187. The zero-order chi connectivity index (χ0) is 22.1. The molecule has 1 atom stereocenters. The topological polar surface area (TPSA) is 95.6 Å². The summed E-state index contributed by atoms with van der Waals surface area (Å²) in [5.41, 5.74) is 2.22. The summed E-state index contributed by atoms with van der Waals surface area (Å²) in [6.45, 7) is 14.4. The SMILES string of the molecule is CCNC(=NCC(O)c1ccc(C(C)(C)C)cc1)NCCCc1nc(C(C)C)no1. The van der Waals surface area contributed by atoms with Crippen molar-refractivity contribution in [2.45, 2.75) is 71.8 Å². The van der Waals surface area contributed by atoms with Crippen molar-refractivity contribution in [1.82, 2.24) is 20.8 Å². The molecule has 1 aromatic heterocycles. The van der Waals surface area contributed by atoms with E-state index in [1.54, 1.807) is 0 Å². The van der Waals surface area contributed by atoms with E-state index in [1.165, 1.54) is 5.56 Å². The van der Waals surface area contributed by atoms with Gasteiger partial charge in [-0.2, -0.15) is 4.98 Å². The van der Waals surface area contributed by atoms with E-state index in [9.17, 15) is 5.11 Å². The monoisotopic (exact) mass is 415 g/mol. The van der Waals surface area contributed by atoms with Crippen molar-refractivity contribution in [2.24, 2.45) is 4.99 Å². The molecule has 0 amide bonds. The molecule has 7 nitrogen and oxygen atoms in total. The zero-order valence-electron chi connectivity index (χ0n) is 19.2. The van der Waals surface area contributed by atoms with Gasteiger partial charge in [-0.25, -0.2) is 0 Å². The summed E-state index contributed by atoms with van der Waals surface area (Å²) in [6.07, 6.45) is 0.929. The highest BCUT2D eigenvalue weighted by atomic mass is 16.5. The number of hydrogen-bond acceptors (Lipinski definition) is 5. The van der Waals surface area contributed by atoms with Crippen molar-refractivity contribution in [2.75, 3.05) is 19.6 Å². The highest BCUT2D eigenvalue weighted by Gasteiger charge is 2.15. The number of aliphatic imine (C=N–C) groups is 1. The summed E-state index contributed by atoms with van der Waals surface area (Å²) in [5.74, 6) is 2.37. The number of benzene rings is 1. The maximum Gasteiger partial charge on any atom is 0.226 e. The first-order chi connectivity index (χ1) is 14.2. The van der Waals surface area contributed by atoms with E-state index in [1.807, 2.05) is 32.9 Å². The van der Waals surface area contributed by atoms with Gasteiger partial charge in [-0.05, 0) is 29.9 Å². The quantitative estimate of drug-likeness (QED) is 0.328. The predicted octanol–water partition coefficient (Wildman–Crippen LogP) is 3.71. The van der Waals surface area contributed by atoms with Crippen LogP contribution >= 0.6 is 0 Å². The Balaban J connectivity index is 1.83. The van der Waals surface area contributed by atoms with E-state index in [-0.39, 0.29) is 11.3 Å². The van der Waals surface area contributed by atoms with Crippen molar-refractivity contribution in [3.8, 4) is 0 Å². The van der Waals surface area contributed by atoms with Gasteiger partial charge in [0.15, 0.2) is 11.8 Å². The molecule has 1 unspecified atom stereocenters. The van der Waals surface area contributed by atoms with Crippen LogP contribution in [0.4, 0.5) is 0 Å². The summed E-state index contributed by atoms with van der Waals surface area (Å²) in [6, 6.07) is 8.12. The number of guanidine groups is 1. The van der Waals surface area contributed by atoms with Gasteiger partial charge in [0.25, 0.3) is 0 Å². The van der Waals surface area contributed by atoms with Gasteiger partial charge in [0.1, 0.15) is 0 Å². The fraction of sp³-hybridized carbons (Fsp3) is 0.609. The standard InChI is InChI=1S/C23H37N5O2/c1-7-24-22(25-14-8-9-20-27-21(16(2)3)28-30-20)26-15-19(29)17-10-12-18(13-11-17)23(4,5)6/h10-13,16,19,29H,7-9,14-15H2,1-6H3,(H2,24,25,26). The molecule has 166 valence electrons. The smallest absolute Gasteiger partial charge is 0.226 e. The molecule has 30 heavy (non-hydrogen) atoms. The van der Waals surface area contributed by atoms with Crippen molar-refractivity contribution in [3.05, 3.63) is 47.1 Å². The van der Waals surface area contributed by atoms with E-state index < -0.39 is 6.10 Å². The van der Waals surface area contributed by atoms with Crippen molar-refractivity contribution < 1.29 is 9.63 Å². The Morgan fingerprint density at radius 1 is 1.17 bits per heavy atom. The molecule has 0 spiro atoms. The number of aliphatic hydroxyl groups excluding tert-OH is 1. The zero-order valence-corrected chi connectivity index (χ0v) is 19.2. The van der Waals surface area contributed by atoms with Crippen LogP contribution in [0.15, 0.2) is 33.8 Å². The maximum absolute atomic E-state index is 10.5. The van der Waals surface area contributed by atoms with Gasteiger partial charge >= 0.3 is 0 Å². The molecule has 2 aromatic rings. The molecule has 0 fully saturated rings. The third kappa shape index (κ3) is 7.44. The van der Waals surface area contributed by atoms with E-state index in [2.05, 4.69) is 58.7 Å². The van der Waals surface area contributed by atoms with Crippen LogP contribution in [-0.2, 0) is 11.8 Å². The third-order valence-corrected chi connectivity index (χ3v) is 4.79. The molecule has 0 radical (unpaired) electrons. The minimum Gasteiger partial charge on any atom is -0.386 e. The Morgan fingerprint density at radius 2 is 1.87 bits per heavy atom. The second kappa shape index (κ2) is 11.1. The van der Waals surface area contributed by atoms with Gasteiger partial charge in [0, 0.05) is 25.4 Å². The average molecular weight is 416 g/mol. The normalized spacial score (nSPS) is 13.5. The minimum absolute atomic E-state index is 0.0986. The molecule has 0 aliphatic heterocycles. The van der Waals surface area contributed by atoms with Crippen molar-refractivity contribution in [3.63, 3.8) is 0 Å². The fourth-order valence-electron chi connectivity index (χ4n) is 2.88. The van der Waals surface area contributed by atoms with Gasteiger partial charge in [0.05, 0.1) is 12.6 Å². The highest BCUT2D eigenvalue weighted by molar-refractivity contribution is 5.79. The van der Waals surface area contributed by atoms with Gasteiger partial charge in [-0.1, -0.05) is 64.0 Å². The summed E-state index contributed by atoms with van der Waals surface area (Å²) in [7, 11) is 0. The van der Waals surface area contributed by atoms with Crippen molar-refractivity contribution in [1.29, 1.82) is 0 Å². The second-order valence-corrected chi connectivity index (χ2v) is 8.84. The summed E-state index contributed by atoms with van der Waals surface area (Å²) >= 11 is 0. The number of aryl methyl sites for hydroxylation is 1. The lowest BCUT2D eigenvalue weighted by Crippen LogP contribution is -2.38. The predicted molar refractivity (Wildman–Crippen MR) is 121 cm³/mol. The molecule has 0 bridgehead atoms. The fourth-order valence-corrected chi connectivity index (χ4v) is 2.88. The average Bonchev–Trinajstić information content (AvgIpc) is 3.18. The largest absolute Gasteiger partial charge is 0.386 e. The number of aliphatic hydroxyl groups is 1. The van der Waals surface area contributed by atoms with Crippen LogP contribution in [-0.4, -0.2) is 40.8 Å². The van der Waals surface area contributed by atoms with E-state index in [0.29, 0.717) is 18.4 Å². The Hall–Kier alpha value is -2.41. The van der Waals surface area contributed by atoms with Crippen LogP contribution < -0.4 is 10.6 Å². The van der Waals surface area contributed by atoms with Crippen LogP contribution in [0.25, 0.3) is 0 Å². The molecule has 2 rings (SSSR count). The number of nitrogens with zero attached hydrogens (tertiary/aromatic N) is 3. The molecule has 1 heterocycles. The molecule has 7 heteroatoms. The first-order valence-corrected chi connectivity index (χ1v) is 10.8. The number of aromatic nitrogens is 2. The molecule has 0 saturated heterocycles. The Kier molecular flexibility index (Phi) is 8.84. The van der Waals surface area contributed by atoms with E-state index in [0.717, 1.165) is 37.3 Å². The van der Waals surface area contributed by atoms with E-state index in [4.69, 9.17) is 4.52 Å². The molecular formula is C23H37N5O2. The third-order valence-electron chi connectivity index (χ3n) is 4.79. The van der Waals surface area contributed by atoms with Gasteiger partial charge in [-0.15, -0.1) is 0 Å². The first-order valence-electron chi connectivity index (χ1n) is 10.8. The lowest BCUT2D eigenvalue weighted by Gasteiger charge is -2.20. The van der Waals surface area contributed by atoms with Crippen LogP contribution in [0.3, 0.4) is 0 Å². The number of hydrogen-bond donors (Lipinski definition) is 3. The van der Waals surface area contributed by atoms with Gasteiger partial charge in [0.2, 0.25) is 5.89 Å². The summed E-state index contributed by atoms with van der Waals surface area (Å²) in [5, 5.41) is 21.0. The summed E-state index contributed by atoms with van der Waals surface area (Å²) < 4.78 is 5.27. The molecule has 1 aromatic carbocycles. The van der Waals surface area contributed by atoms with Crippen LogP contribution in [0.1, 0.15) is 82.8 Å². The van der Waals surface area contributed by atoms with Crippen LogP contribution in [0, 0.1) is 0 Å². The van der Waals surface area contributed by atoms with E-state index >= 15 is 0 Å². The molecule has 3 N–H and O–H groups in total. The molecule has 0 aliphatic carbocycles. The number of nitrogens with one attached hydrogen (secondary N) is 2. The molecule has 0 saturated carbocycles. The number of rotatable bonds is 9. The Labute approximate surface area is 180 Å². The van der Waals surface area contributed by atoms with Crippen LogP contribution in [0.2, 0.25) is 0 Å². The Bertz CT molecular complexity index is 791. The first kappa shape index (κ1) is 23.9. The Morgan fingerprint density at radius 3 is 2.43 bits per heavy atom. The van der Waals surface area contributed by atoms with Crippen LogP contribution in [0.5, 0.6) is 0 Å². The van der Waals surface area contributed by atoms with Gasteiger partial charge < -0.3 is 20.3 Å². The highest BCUT2D eigenvalue weighted by Crippen LogP contribution is 2.24. The molecule has 0 aliphatic rings. The lowest BCUT2D eigenvalue weighted by atomic mass is 9.86. The molecular weight excluding hydrogens is 378 g/mol. The van der Waals surface area contributed by atoms with Gasteiger partial charge in [-0.3, -0.25) is 4.99 Å². The summed E-state index contributed by atoms with van der Waals surface area (Å²) in [4.78, 5) is 8.92. The second-order valence-electron chi connectivity index (χ2n) is 8.84. The van der Waals surface area contributed by atoms with Crippen molar-refractivity contribution >= 4 is 5.96 Å².